The molecule has 0 saturated carbocycles. The first-order valence-electron chi connectivity index (χ1n) is 10.1. The molecule has 2 aromatic rings. The van der Waals surface area contributed by atoms with Gasteiger partial charge < -0.3 is 0 Å². The van der Waals surface area contributed by atoms with Crippen LogP contribution in [0, 0.1) is 0 Å². The number of benzene rings is 2. The topological polar surface area (TPSA) is 24.7 Å². The van der Waals surface area contributed by atoms with Crippen LogP contribution in [0.2, 0.25) is 0 Å². The first-order valence-corrected chi connectivity index (χ1v) is 10.1. The SMILES string of the molecule is CCCCCC(=Nc1ccccc1)C(CCCCC)=Nc1ccccc1.[Pd]. The van der Waals surface area contributed by atoms with Gasteiger partial charge in [0.1, 0.15) is 0 Å². The fourth-order valence-electron chi connectivity index (χ4n) is 2.93. The maximum absolute atomic E-state index is 4.99. The van der Waals surface area contributed by atoms with E-state index in [2.05, 4.69) is 38.1 Å². The third kappa shape index (κ3) is 9.27. The van der Waals surface area contributed by atoms with E-state index in [1.54, 1.807) is 0 Å². The number of nitrogens with zero attached hydrogens (tertiary/aromatic N) is 2. The van der Waals surface area contributed by atoms with Crippen LogP contribution >= 0.6 is 0 Å². The van der Waals surface area contributed by atoms with Crippen LogP contribution in [0.4, 0.5) is 11.4 Å². The average Bonchev–Trinajstić information content (AvgIpc) is 2.68. The Balaban J connectivity index is 0.00000364. The smallest absolute Gasteiger partial charge is 0.0633 e. The Morgan fingerprint density at radius 1 is 0.593 bits per heavy atom. The Morgan fingerprint density at radius 3 is 1.30 bits per heavy atom. The Morgan fingerprint density at radius 2 is 0.963 bits per heavy atom. The summed E-state index contributed by atoms with van der Waals surface area (Å²) in [5, 5.41) is 0. The third-order valence-corrected chi connectivity index (χ3v) is 4.41. The molecule has 0 aliphatic heterocycles. The van der Waals surface area contributed by atoms with E-state index in [9.17, 15) is 0 Å². The van der Waals surface area contributed by atoms with Gasteiger partial charge in [-0.1, -0.05) is 75.9 Å². The number of unbranched alkanes of at least 4 members (excludes halogenated alkanes) is 4. The molecule has 0 aromatic heterocycles. The summed E-state index contributed by atoms with van der Waals surface area (Å²) in [4.78, 5) is 9.98. The van der Waals surface area contributed by atoms with E-state index in [0.29, 0.717) is 0 Å². The predicted octanol–water partition coefficient (Wildman–Crippen LogP) is 7.69. The zero-order chi connectivity index (χ0) is 18.5. The van der Waals surface area contributed by atoms with E-state index in [1.807, 2.05) is 36.4 Å². The molecule has 0 fully saturated rings. The van der Waals surface area contributed by atoms with E-state index < -0.39 is 0 Å². The fourth-order valence-corrected chi connectivity index (χ4v) is 2.93. The van der Waals surface area contributed by atoms with Crippen molar-refractivity contribution < 1.29 is 20.4 Å². The summed E-state index contributed by atoms with van der Waals surface area (Å²) in [5.74, 6) is 0. The Labute approximate surface area is 178 Å². The predicted molar refractivity (Wildman–Crippen MR) is 115 cm³/mol. The summed E-state index contributed by atoms with van der Waals surface area (Å²) in [6.45, 7) is 4.49. The van der Waals surface area contributed by atoms with Crippen LogP contribution in [0.25, 0.3) is 0 Å². The number of para-hydroxylation sites is 2. The molecule has 2 aromatic carbocycles. The minimum absolute atomic E-state index is 0. The van der Waals surface area contributed by atoms with Gasteiger partial charge in [-0.3, -0.25) is 9.98 Å². The molecule has 0 heterocycles. The first-order chi connectivity index (χ1) is 12.8. The second-order valence-corrected chi connectivity index (χ2v) is 6.70. The molecule has 0 spiro atoms. The van der Waals surface area contributed by atoms with Crippen molar-refractivity contribution >= 4 is 22.8 Å². The molecule has 0 aliphatic rings. The number of aliphatic imine (C=N–C) groups is 2. The minimum Gasteiger partial charge on any atom is -0.252 e. The second-order valence-electron chi connectivity index (χ2n) is 6.70. The molecular weight excluding hydrogens is 423 g/mol. The largest absolute Gasteiger partial charge is 0.252 e. The van der Waals surface area contributed by atoms with Crippen molar-refractivity contribution in [1.29, 1.82) is 0 Å². The first kappa shape index (κ1) is 23.5. The minimum atomic E-state index is 0. The standard InChI is InChI=1S/C24H32N2.Pd/c1-3-5-9-19-23(25-21-15-11-7-12-16-21)24(20-10-6-4-2)26-22-17-13-8-14-18-22;/h7-8,11-18H,3-6,9-10,19-20H2,1-2H3;. The second kappa shape index (κ2) is 14.5. The molecular formula is C24H32N2Pd. The van der Waals surface area contributed by atoms with Gasteiger partial charge in [0.2, 0.25) is 0 Å². The summed E-state index contributed by atoms with van der Waals surface area (Å²) in [6, 6.07) is 20.6. The van der Waals surface area contributed by atoms with Crippen molar-refractivity contribution in [3.05, 3.63) is 60.7 Å². The number of hydrogen-bond acceptors (Lipinski definition) is 2. The van der Waals surface area contributed by atoms with Gasteiger partial charge in [-0.05, 0) is 49.9 Å². The molecule has 3 heteroatoms. The van der Waals surface area contributed by atoms with Gasteiger partial charge in [-0.15, -0.1) is 0 Å². The molecule has 27 heavy (non-hydrogen) atoms. The van der Waals surface area contributed by atoms with Gasteiger partial charge in [0.05, 0.1) is 22.8 Å². The van der Waals surface area contributed by atoms with Crippen molar-refractivity contribution in [2.75, 3.05) is 0 Å². The summed E-state index contributed by atoms with van der Waals surface area (Å²) in [5.41, 5.74) is 4.36. The molecule has 148 valence electrons. The number of rotatable bonds is 11. The maximum atomic E-state index is 4.99. The molecule has 2 rings (SSSR count). The van der Waals surface area contributed by atoms with E-state index >= 15 is 0 Å². The molecule has 0 unspecified atom stereocenters. The van der Waals surface area contributed by atoms with E-state index in [-0.39, 0.29) is 20.4 Å². The maximum Gasteiger partial charge on any atom is 0.0633 e. The summed E-state index contributed by atoms with van der Waals surface area (Å²) >= 11 is 0. The van der Waals surface area contributed by atoms with Gasteiger partial charge in [-0.2, -0.15) is 0 Å². The van der Waals surface area contributed by atoms with E-state index in [1.165, 1.54) is 38.5 Å². The Kier molecular flexibility index (Phi) is 12.6. The average molecular weight is 455 g/mol. The molecule has 0 amide bonds. The number of hydrogen-bond donors (Lipinski definition) is 0. The molecule has 0 atom stereocenters. The van der Waals surface area contributed by atoms with Crippen molar-refractivity contribution in [1.82, 2.24) is 0 Å². The van der Waals surface area contributed by atoms with E-state index in [4.69, 9.17) is 9.98 Å². The molecule has 0 saturated heterocycles. The van der Waals surface area contributed by atoms with Crippen LogP contribution in [-0.4, -0.2) is 11.4 Å². The van der Waals surface area contributed by atoms with Crippen molar-refractivity contribution in [3.63, 3.8) is 0 Å². The van der Waals surface area contributed by atoms with Crippen LogP contribution in [0.1, 0.15) is 65.2 Å². The van der Waals surface area contributed by atoms with Gasteiger partial charge in [0.15, 0.2) is 0 Å². The third-order valence-electron chi connectivity index (χ3n) is 4.41. The summed E-state index contributed by atoms with van der Waals surface area (Å²) in [7, 11) is 0. The summed E-state index contributed by atoms with van der Waals surface area (Å²) < 4.78 is 0. The van der Waals surface area contributed by atoms with Gasteiger partial charge in [0.25, 0.3) is 0 Å². The van der Waals surface area contributed by atoms with Gasteiger partial charge in [0, 0.05) is 20.4 Å². The Hall–Kier alpha value is -1.56. The van der Waals surface area contributed by atoms with E-state index in [0.717, 1.165) is 35.6 Å². The van der Waals surface area contributed by atoms with Crippen LogP contribution in [0.5, 0.6) is 0 Å². The van der Waals surface area contributed by atoms with Crippen LogP contribution < -0.4 is 0 Å². The van der Waals surface area contributed by atoms with Crippen LogP contribution in [0.3, 0.4) is 0 Å². The fraction of sp³-hybridized carbons (Fsp3) is 0.417. The van der Waals surface area contributed by atoms with Crippen molar-refractivity contribution in [2.45, 2.75) is 65.2 Å². The molecule has 0 aliphatic carbocycles. The van der Waals surface area contributed by atoms with Crippen molar-refractivity contribution in [3.8, 4) is 0 Å². The zero-order valence-electron chi connectivity index (χ0n) is 16.6. The van der Waals surface area contributed by atoms with Crippen molar-refractivity contribution in [2.24, 2.45) is 9.98 Å². The zero-order valence-corrected chi connectivity index (χ0v) is 18.2. The quantitative estimate of drug-likeness (QED) is 0.189. The molecule has 0 bridgehead atoms. The molecule has 2 nitrogen and oxygen atoms in total. The van der Waals surface area contributed by atoms with Crippen LogP contribution in [-0.2, 0) is 20.4 Å². The normalized spacial score (nSPS) is 11.9. The molecule has 0 N–H and O–H groups in total. The van der Waals surface area contributed by atoms with Gasteiger partial charge >= 0.3 is 0 Å². The Bertz CT molecular complexity index is 617. The van der Waals surface area contributed by atoms with Crippen LogP contribution in [0.15, 0.2) is 70.6 Å². The monoisotopic (exact) mass is 454 g/mol. The summed E-state index contributed by atoms with van der Waals surface area (Å²) in [6.07, 6.45) is 9.26. The molecule has 0 radical (unpaired) electrons. The van der Waals surface area contributed by atoms with Gasteiger partial charge in [-0.25, -0.2) is 0 Å².